The predicted octanol–water partition coefficient (Wildman–Crippen LogP) is 3.30. The van der Waals surface area contributed by atoms with E-state index in [1.165, 1.54) is 11.1 Å². The maximum atomic E-state index is 5.16. The molecular formula is C17H22N2O. The van der Waals surface area contributed by atoms with E-state index >= 15 is 0 Å². The Hall–Kier alpha value is -1.87. The van der Waals surface area contributed by atoms with Crippen LogP contribution in [0.3, 0.4) is 0 Å². The van der Waals surface area contributed by atoms with E-state index in [2.05, 4.69) is 48.4 Å². The van der Waals surface area contributed by atoms with Crippen LogP contribution in [0.5, 0.6) is 5.88 Å². The first-order chi connectivity index (χ1) is 9.72. The summed E-state index contributed by atoms with van der Waals surface area (Å²) in [4.78, 5) is 4.13. The van der Waals surface area contributed by atoms with Crippen molar-refractivity contribution in [2.75, 3.05) is 13.7 Å². The molecule has 2 rings (SSSR count). The van der Waals surface area contributed by atoms with Crippen molar-refractivity contribution >= 4 is 0 Å². The molecule has 106 valence electrons. The lowest BCUT2D eigenvalue weighted by Crippen LogP contribution is -2.27. The third-order valence-electron chi connectivity index (χ3n) is 3.33. The van der Waals surface area contributed by atoms with Crippen LogP contribution in [0.2, 0.25) is 0 Å². The number of ether oxygens (including phenoxy) is 1. The van der Waals surface area contributed by atoms with Crippen LogP contribution in [0.1, 0.15) is 19.4 Å². The summed E-state index contributed by atoms with van der Waals surface area (Å²) in [7, 11) is 1.64. The van der Waals surface area contributed by atoms with E-state index in [0.29, 0.717) is 11.9 Å². The Morgan fingerprint density at radius 3 is 2.55 bits per heavy atom. The van der Waals surface area contributed by atoms with Gasteiger partial charge in [0.2, 0.25) is 5.88 Å². The minimum Gasteiger partial charge on any atom is -0.481 e. The summed E-state index contributed by atoms with van der Waals surface area (Å²) in [5, 5.41) is 3.43. The molecule has 1 unspecified atom stereocenters. The van der Waals surface area contributed by atoms with Crippen LogP contribution >= 0.6 is 0 Å². The molecule has 0 bridgehead atoms. The van der Waals surface area contributed by atoms with E-state index in [9.17, 15) is 0 Å². The van der Waals surface area contributed by atoms with Crippen LogP contribution < -0.4 is 10.1 Å². The molecule has 0 aliphatic rings. The van der Waals surface area contributed by atoms with Crippen molar-refractivity contribution in [2.45, 2.75) is 26.3 Å². The number of methoxy groups -OCH3 is 1. The number of benzene rings is 1. The molecule has 3 nitrogen and oxygen atoms in total. The van der Waals surface area contributed by atoms with Crippen molar-refractivity contribution in [3.8, 4) is 17.0 Å². The summed E-state index contributed by atoms with van der Waals surface area (Å²) >= 11 is 0. The second-order valence-electron chi connectivity index (χ2n) is 4.95. The summed E-state index contributed by atoms with van der Waals surface area (Å²) in [5.41, 5.74) is 3.66. The van der Waals surface area contributed by atoms with Crippen LogP contribution in [0.25, 0.3) is 11.1 Å². The normalized spacial score (nSPS) is 12.2. The Balaban J connectivity index is 2.11. The average molecular weight is 270 g/mol. The monoisotopic (exact) mass is 270 g/mol. The highest BCUT2D eigenvalue weighted by Crippen LogP contribution is 2.22. The van der Waals surface area contributed by atoms with Gasteiger partial charge in [-0.05, 0) is 42.6 Å². The first kappa shape index (κ1) is 14.5. The molecule has 0 saturated heterocycles. The van der Waals surface area contributed by atoms with Gasteiger partial charge in [-0.25, -0.2) is 4.98 Å². The molecule has 1 heterocycles. The fourth-order valence-corrected chi connectivity index (χ4v) is 2.31. The molecule has 3 heteroatoms. The van der Waals surface area contributed by atoms with Crippen LogP contribution in [0, 0.1) is 0 Å². The second kappa shape index (κ2) is 7.06. The molecule has 0 amide bonds. The van der Waals surface area contributed by atoms with Gasteiger partial charge >= 0.3 is 0 Å². The maximum Gasteiger partial charge on any atom is 0.213 e. The van der Waals surface area contributed by atoms with Gasteiger partial charge in [-0.3, -0.25) is 0 Å². The number of hydrogen-bond donors (Lipinski definition) is 1. The maximum absolute atomic E-state index is 5.16. The quantitative estimate of drug-likeness (QED) is 0.874. The molecule has 20 heavy (non-hydrogen) atoms. The summed E-state index contributed by atoms with van der Waals surface area (Å²) in [6.07, 6.45) is 2.82. The van der Waals surface area contributed by atoms with E-state index in [1.54, 1.807) is 13.3 Å². The lowest BCUT2D eigenvalue weighted by Gasteiger charge is -2.12. The smallest absolute Gasteiger partial charge is 0.213 e. The van der Waals surface area contributed by atoms with Gasteiger partial charge in [0.25, 0.3) is 0 Å². The van der Waals surface area contributed by atoms with Crippen molar-refractivity contribution in [3.05, 3.63) is 48.2 Å². The van der Waals surface area contributed by atoms with E-state index < -0.39 is 0 Å². The summed E-state index contributed by atoms with van der Waals surface area (Å²) in [5.74, 6) is 0.646. The molecule has 0 saturated carbocycles. The van der Waals surface area contributed by atoms with E-state index in [4.69, 9.17) is 4.74 Å². The largest absolute Gasteiger partial charge is 0.481 e. The molecule has 0 fully saturated rings. The molecule has 0 radical (unpaired) electrons. The molecule has 1 atom stereocenters. The fraction of sp³-hybridized carbons (Fsp3) is 0.353. The van der Waals surface area contributed by atoms with Crippen molar-refractivity contribution in [1.82, 2.24) is 10.3 Å². The summed E-state index contributed by atoms with van der Waals surface area (Å²) < 4.78 is 5.16. The Morgan fingerprint density at radius 1 is 1.15 bits per heavy atom. The molecule has 0 aliphatic heterocycles. The lowest BCUT2D eigenvalue weighted by atomic mass is 10.0. The highest BCUT2D eigenvalue weighted by atomic mass is 16.5. The third-order valence-corrected chi connectivity index (χ3v) is 3.33. The number of aromatic nitrogens is 1. The zero-order valence-electron chi connectivity index (χ0n) is 12.4. The van der Waals surface area contributed by atoms with Gasteiger partial charge in [0, 0.05) is 18.3 Å². The lowest BCUT2D eigenvalue weighted by molar-refractivity contribution is 0.398. The van der Waals surface area contributed by atoms with Crippen LogP contribution in [0.4, 0.5) is 0 Å². The topological polar surface area (TPSA) is 34.2 Å². The zero-order chi connectivity index (χ0) is 14.4. The molecule has 1 N–H and O–H groups in total. The van der Waals surface area contributed by atoms with Crippen LogP contribution in [-0.2, 0) is 6.42 Å². The molecule has 0 spiro atoms. The number of nitrogens with zero attached hydrogens (tertiary/aromatic N) is 1. The zero-order valence-corrected chi connectivity index (χ0v) is 12.4. The van der Waals surface area contributed by atoms with E-state index in [-0.39, 0.29) is 0 Å². The standard InChI is InChI=1S/C17H22N2O/c1-4-18-13(2)11-14-5-7-15(8-6-14)16-9-10-19-17(12-16)20-3/h5-10,12-13,18H,4,11H2,1-3H3. The van der Waals surface area contributed by atoms with Crippen molar-refractivity contribution in [3.63, 3.8) is 0 Å². The second-order valence-corrected chi connectivity index (χ2v) is 4.95. The first-order valence-electron chi connectivity index (χ1n) is 7.05. The van der Waals surface area contributed by atoms with Gasteiger partial charge in [0.1, 0.15) is 0 Å². The SMILES string of the molecule is CCNC(C)Cc1ccc(-c2ccnc(OC)c2)cc1. The van der Waals surface area contributed by atoms with Crippen molar-refractivity contribution < 1.29 is 4.74 Å². The average Bonchev–Trinajstić information content (AvgIpc) is 2.48. The number of rotatable bonds is 6. The molecule has 1 aromatic carbocycles. The minimum atomic E-state index is 0.506. The van der Waals surface area contributed by atoms with E-state index in [0.717, 1.165) is 18.5 Å². The van der Waals surface area contributed by atoms with Crippen molar-refractivity contribution in [2.24, 2.45) is 0 Å². The highest BCUT2D eigenvalue weighted by molar-refractivity contribution is 5.64. The minimum absolute atomic E-state index is 0.506. The fourth-order valence-electron chi connectivity index (χ4n) is 2.31. The number of nitrogens with one attached hydrogen (secondary N) is 1. The Bertz CT molecular complexity index is 537. The molecular weight excluding hydrogens is 248 g/mol. The third kappa shape index (κ3) is 3.81. The van der Waals surface area contributed by atoms with Crippen LogP contribution in [-0.4, -0.2) is 24.7 Å². The Morgan fingerprint density at radius 2 is 1.90 bits per heavy atom. The Kier molecular flexibility index (Phi) is 5.13. The van der Waals surface area contributed by atoms with Gasteiger partial charge < -0.3 is 10.1 Å². The molecule has 0 aliphatic carbocycles. The summed E-state index contributed by atoms with van der Waals surface area (Å²) in [6.45, 7) is 5.36. The Labute approximate surface area is 121 Å². The van der Waals surface area contributed by atoms with Gasteiger partial charge in [0.05, 0.1) is 7.11 Å². The number of hydrogen-bond acceptors (Lipinski definition) is 3. The van der Waals surface area contributed by atoms with E-state index in [1.807, 2.05) is 12.1 Å². The van der Waals surface area contributed by atoms with Gasteiger partial charge in [0.15, 0.2) is 0 Å². The van der Waals surface area contributed by atoms with Gasteiger partial charge in [-0.15, -0.1) is 0 Å². The van der Waals surface area contributed by atoms with Gasteiger partial charge in [-0.1, -0.05) is 31.2 Å². The first-order valence-corrected chi connectivity index (χ1v) is 7.05. The molecule has 1 aromatic heterocycles. The van der Waals surface area contributed by atoms with Crippen molar-refractivity contribution in [1.29, 1.82) is 0 Å². The highest BCUT2D eigenvalue weighted by Gasteiger charge is 2.04. The predicted molar refractivity (Wildman–Crippen MR) is 83.1 cm³/mol. The van der Waals surface area contributed by atoms with Crippen LogP contribution in [0.15, 0.2) is 42.6 Å². The number of likely N-dealkylation sites (N-methyl/N-ethyl adjacent to an activating group) is 1. The molecule has 2 aromatic rings. The van der Waals surface area contributed by atoms with Gasteiger partial charge in [-0.2, -0.15) is 0 Å². The number of pyridine rings is 1. The summed E-state index contributed by atoms with van der Waals surface area (Å²) in [6, 6.07) is 13.2.